The quantitative estimate of drug-likeness (QED) is 0.184. The second kappa shape index (κ2) is 8.73. The number of aryl methyl sites for hydroxylation is 1. The van der Waals surface area contributed by atoms with Gasteiger partial charge in [0, 0.05) is 29.0 Å². The molecular weight excluding hydrogens is 565 g/mol. The van der Waals surface area contributed by atoms with Crippen LogP contribution in [-0.4, -0.2) is 14.8 Å². The van der Waals surface area contributed by atoms with Crippen molar-refractivity contribution in [3.8, 4) is 23.0 Å². The summed E-state index contributed by atoms with van der Waals surface area (Å²) in [5, 5.41) is 2.89. The highest BCUT2D eigenvalue weighted by Gasteiger charge is 2.47. The van der Waals surface area contributed by atoms with Gasteiger partial charge in [0.25, 0.3) is 6.71 Å². The minimum atomic E-state index is -1.90. The topological polar surface area (TPSA) is 21.7 Å². The second-order valence-corrected chi connectivity index (χ2v) is 19.7. The van der Waals surface area contributed by atoms with Gasteiger partial charge in [-0.2, -0.15) is 0 Å². The standard InChI is InChI=1S/C40H38BNO2Si/c1-24-16-17-32-28(18-24)41-29-21-26-27(40(4,5)23-39(26,2)3)22-33(29)44-35-20-25(19-34(43-32)38(35)41)42-30-12-8-10-14-36(30)45(6,7)37-15-11-9-13-31(37)42/h8-22H,23H2,1-7H3. The van der Waals surface area contributed by atoms with Crippen molar-refractivity contribution in [3.63, 3.8) is 0 Å². The maximum Gasteiger partial charge on any atom is 0.260 e. The van der Waals surface area contributed by atoms with E-state index in [1.807, 2.05) is 0 Å². The molecule has 3 heterocycles. The van der Waals surface area contributed by atoms with Crippen LogP contribution in [0.15, 0.2) is 91.0 Å². The summed E-state index contributed by atoms with van der Waals surface area (Å²) >= 11 is 0. The van der Waals surface area contributed by atoms with Crippen LogP contribution in [-0.2, 0) is 10.8 Å². The highest BCUT2D eigenvalue weighted by Crippen LogP contribution is 2.51. The van der Waals surface area contributed by atoms with Gasteiger partial charge in [0.1, 0.15) is 31.1 Å². The maximum atomic E-state index is 7.01. The summed E-state index contributed by atoms with van der Waals surface area (Å²) in [4.78, 5) is 2.43. The molecule has 9 rings (SSSR count). The maximum absolute atomic E-state index is 7.01. The number of fused-ring (bicyclic) bond motifs is 7. The first-order chi connectivity index (χ1) is 21.4. The molecular formula is C40H38BNO2Si. The van der Waals surface area contributed by atoms with E-state index in [1.165, 1.54) is 49.4 Å². The van der Waals surface area contributed by atoms with Crippen LogP contribution in [0.4, 0.5) is 17.1 Å². The predicted octanol–water partition coefficient (Wildman–Crippen LogP) is 7.29. The molecule has 0 atom stereocenters. The summed E-state index contributed by atoms with van der Waals surface area (Å²) in [6.07, 6.45) is 1.12. The van der Waals surface area contributed by atoms with Gasteiger partial charge in [0.05, 0.1) is 5.69 Å². The monoisotopic (exact) mass is 603 g/mol. The van der Waals surface area contributed by atoms with Crippen LogP contribution in [0.3, 0.4) is 0 Å². The van der Waals surface area contributed by atoms with Crippen molar-refractivity contribution in [3.05, 3.63) is 108 Å². The molecule has 0 spiro atoms. The molecule has 0 amide bonds. The lowest BCUT2D eigenvalue weighted by atomic mass is 9.34. The van der Waals surface area contributed by atoms with Gasteiger partial charge in [-0.15, -0.1) is 0 Å². The van der Waals surface area contributed by atoms with Crippen LogP contribution in [0.2, 0.25) is 13.1 Å². The number of ether oxygens (including phenoxy) is 2. The van der Waals surface area contributed by atoms with Gasteiger partial charge in [0.15, 0.2) is 0 Å². The first-order valence-electron chi connectivity index (χ1n) is 16.3. The highest BCUT2D eigenvalue weighted by atomic mass is 28.3. The average molecular weight is 604 g/mol. The fourth-order valence-corrected chi connectivity index (χ4v) is 12.1. The average Bonchev–Trinajstić information content (AvgIpc) is 3.18. The Hall–Kier alpha value is -4.22. The molecule has 0 fully saturated rings. The first-order valence-corrected chi connectivity index (χ1v) is 19.3. The molecule has 4 aliphatic rings. The molecule has 0 N–H and O–H groups in total. The lowest BCUT2D eigenvalue weighted by Crippen LogP contribution is -2.59. The van der Waals surface area contributed by atoms with E-state index in [0.29, 0.717) is 0 Å². The number of hydrogen-bond acceptors (Lipinski definition) is 3. The number of rotatable bonds is 1. The van der Waals surface area contributed by atoms with E-state index >= 15 is 0 Å². The molecule has 5 aromatic rings. The van der Waals surface area contributed by atoms with Crippen LogP contribution in [0, 0.1) is 6.92 Å². The number of hydrogen-bond donors (Lipinski definition) is 0. The zero-order chi connectivity index (χ0) is 31.0. The summed E-state index contributed by atoms with van der Waals surface area (Å²) < 4.78 is 13.8. The Morgan fingerprint density at radius 3 is 1.84 bits per heavy atom. The molecule has 3 nitrogen and oxygen atoms in total. The molecule has 45 heavy (non-hydrogen) atoms. The van der Waals surface area contributed by atoms with E-state index in [2.05, 4.69) is 144 Å². The van der Waals surface area contributed by atoms with Crippen molar-refractivity contribution in [2.45, 2.75) is 65.0 Å². The molecule has 0 unspecified atom stereocenters. The molecule has 0 radical (unpaired) electrons. The van der Waals surface area contributed by atoms with Crippen molar-refractivity contribution in [2.24, 2.45) is 0 Å². The Morgan fingerprint density at radius 1 is 0.644 bits per heavy atom. The number of nitrogens with zero attached hydrogens (tertiary/aromatic N) is 1. The van der Waals surface area contributed by atoms with Gasteiger partial charge in [-0.1, -0.05) is 101 Å². The molecule has 0 saturated heterocycles. The second-order valence-electron chi connectivity index (χ2n) is 15.4. The Bertz CT molecular complexity index is 2060. The normalized spacial score (nSPS) is 18.4. The lowest BCUT2D eigenvalue weighted by molar-refractivity contribution is 0.402. The van der Waals surface area contributed by atoms with Gasteiger partial charge in [-0.05, 0) is 80.9 Å². The minimum absolute atomic E-state index is 0.0496. The van der Waals surface area contributed by atoms with Crippen LogP contribution < -0.4 is 41.1 Å². The predicted molar refractivity (Wildman–Crippen MR) is 191 cm³/mol. The van der Waals surface area contributed by atoms with Crippen molar-refractivity contribution in [1.82, 2.24) is 0 Å². The summed E-state index contributed by atoms with van der Waals surface area (Å²) in [7, 11) is -1.90. The summed E-state index contributed by atoms with van der Waals surface area (Å²) in [5.41, 5.74) is 11.5. The number of anilines is 3. The molecule has 222 valence electrons. The summed E-state index contributed by atoms with van der Waals surface area (Å²) in [6, 6.07) is 33.8. The van der Waals surface area contributed by atoms with Gasteiger partial charge in [-0.25, -0.2) is 0 Å². The van der Waals surface area contributed by atoms with Crippen LogP contribution in [0.25, 0.3) is 0 Å². The van der Waals surface area contributed by atoms with E-state index in [4.69, 9.17) is 9.47 Å². The third-order valence-electron chi connectivity index (χ3n) is 11.0. The van der Waals surface area contributed by atoms with Gasteiger partial charge >= 0.3 is 0 Å². The van der Waals surface area contributed by atoms with E-state index in [1.54, 1.807) is 0 Å². The van der Waals surface area contributed by atoms with Crippen LogP contribution >= 0.6 is 0 Å². The molecule has 5 heteroatoms. The van der Waals surface area contributed by atoms with Gasteiger partial charge in [-0.3, -0.25) is 0 Å². The Kier molecular flexibility index (Phi) is 5.26. The van der Waals surface area contributed by atoms with E-state index in [0.717, 1.165) is 40.6 Å². The van der Waals surface area contributed by atoms with Gasteiger partial charge < -0.3 is 14.4 Å². The zero-order valence-electron chi connectivity index (χ0n) is 27.2. The fourth-order valence-electron chi connectivity index (χ4n) is 9.14. The SMILES string of the molecule is Cc1ccc2c(c1)B1c3cc4c(cc3Oc3cc(N5c6ccccc6[Si](C)(C)c6ccccc65)cc(c31)O2)C(C)(C)CC4(C)C. The van der Waals surface area contributed by atoms with E-state index in [-0.39, 0.29) is 17.5 Å². The van der Waals surface area contributed by atoms with Crippen LogP contribution in [0.5, 0.6) is 23.0 Å². The molecule has 5 aromatic carbocycles. The lowest BCUT2D eigenvalue weighted by Gasteiger charge is -2.42. The first kappa shape index (κ1) is 27.1. The largest absolute Gasteiger partial charge is 0.458 e. The zero-order valence-corrected chi connectivity index (χ0v) is 28.2. The molecule has 1 aliphatic carbocycles. The van der Waals surface area contributed by atoms with Gasteiger partial charge in [0.2, 0.25) is 0 Å². The Labute approximate surface area is 267 Å². The van der Waals surface area contributed by atoms with Crippen molar-refractivity contribution in [2.75, 3.05) is 4.90 Å². The third-order valence-corrected chi connectivity index (χ3v) is 14.5. The van der Waals surface area contributed by atoms with Crippen molar-refractivity contribution >= 4 is 58.6 Å². The molecule has 0 aromatic heterocycles. The Morgan fingerprint density at radius 2 is 1.20 bits per heavy atom. The fraction of sp³-hybridized carbons (Fsp3) is 0.250. The highest BCUT2D eigenvalue weighted by molar-refractivity contribution is 7.02. The third kappa shape index (κ3) is 3.65. The molecule has 0 saturated carbocycles. The van der Waals surface area contributed by atoms with Crippen molar-refractivity contribution in [1.29, 1.82) is 0 Å². The summed E-state index contributed by atoms with van der Waals surface area (Å²) in [5.74, 6) is 3.68. The Balaban J connectivity index is 1.30. The smallest absolute Gasteiger partial charge is 0.260 e. The van der Waals surface area contributed by atoms with E-state index < -0.39 is 8.07 Å². The molecule has 0 bridgehead atoms. The summed E-state index contributed by atoms with van der Waals surface area (Å²) in [6.45, 7) is 16.7. The number of para-hydroxylation sites is 2. The van der Waals surface area contributed by atoms with E-state index in [9.17, 15) is 0 Å². The minimum Gasteiger partial charge on any atom is -0.458 e. The molecule has 3 aliphatic heterocycles. The number of benzene rings is 5. The van der Waals surface area contributed by atoms with Crippen molar-refractivity contribution < 1.29 is 9.47 Å². The van der Waals surface area contributed by atoms with Crippen LogP contribution in [0.1, 0.15) is 50.8 Å².